The van der Waals surface area contributed by atoms with E-state index >= 15 is 0 Å². The van der Waals surface area contributed by atoms with E-state index in [1.165, 1.54) is 12.8 Å². The van der Waals surface area contributed by atoms with Crippen molar-refractivity contribution in [2.45, 2.75) is 39.7 Å². The van der Waals surface area contributed by atoms with E-state index in [4.69, 9.17) is 5.84 Å². The van der Waals surface area contributed by atoms with Gasteiger partial charge >= 0.3 is 0 Å². The first-order valence-electron chi connectivity index (χ1n) is 5.48. The van der Waals surface area contributed by atoms with Crippen molar-refractivity contribution in [3.63, 3.8) is 0 Å². The van der Waals surface area contributed by atoms with Crippen molar-refractivity contribution in [2.75, 3.05) is 13.1 Å². The zero-order chi connectivity index (χ0) is 10.6. The molecule has 4 nitrogen and oxygen atoms in total. The summed E-state index contributed by atoms with van der Waals surface area (Å²) in [4.78, 5) is 6.63. The average molecular weight is 198 g/mol. The van der Waals surface area contributed by atoms with E-state index < -0.39 is 0 Å². The highest BCUT2D eigenvalue weighted by molar-refractivity contribution is 5.79. The summed E-state index contributed by atoms with van der Waals surface area (Å²) < 4.78 is 0. The van der Waals surface area contributed by atoms with Crippen LogP contribution in [0.25, 0.3) is 0 Å². The van der Waals surface area contributed by atoms with Gasteiger partial charge in [0.2, 0.25) is 5.96 Å². The fourth-order valence-electron chi connectivity index (χ4n) is 2.00. The number of aliphatic imine (C=N–C) groups is 1. The molecule has 1 aliphatic rings. The van der Waals surface area contributed by atoms with Gasteiger partial charge in [0.1, 0.15) is 0 Å². The van der Waals surface area contributed by atoms with Crippen molar-refractivity contribution in [2.24, 2.45) is 16.8 Å². The highest BCUT2D eigenvalue weighted by atomic mass is 15.4. The van der Waals surface area contributed by atoms with E-state index in [2.05, 4.69) is 29.2 Å². The van der Waals surface area contributed by atoms with Crippen molar-refractivity contribution >= 4 is 5.96 Å². The maximum Gasteiger partial charge on any atom is 0.208 e. The van der Waals surface area contributed by atoms with Crippen molar-refractivity contribution in [1.82, 2.24) is 10.3 Å². The second-order valence-electron chi connectivity index (χ2n) is 4.00. The van der Waals surface area contributed by atoms with Gasteiger partial charge in [0.25, 0.3) is 0 Å². The van der Waals surface area contributed by atoms with E-state index in [-0.39, 0.29) is 0 Å². The maximum absolute atomic E-state index is 5.47. The Balaban J connectivity index is 2.68. The van der Waals surface area contributed by atoms with Gasteiger partial charge in [-0.15, -0.1) is 0 Å². The van der Waals surface area contributed by atoms with Crippen molar-refractivity contribution < 1.29 is 0 Å². The third-order valence-electron chi connectivity index (χ3n) is 3.08. The second-order valence-corrected chi connectivity index (χ2v) is 4.00. The molecule has 0 bridgehead atoms. The SMILES string of the molecule is CCN=C(NN)N1CCCC(C)C1C. The summed E-state index contributed by atoms with van der Waals surface area (Å²) in [6, 6.07) is 0.532. The lowest BCUT2D eigenvalue weighted by Crippen LogP contribution is -2.53. The largest absolute Gasteiger partial charge is 0.339 e. The number of likely N-dealkylation sites (tertiary alicyclic amines) is 1. The fourth-order valence-corrected chi connectivity index (χ4v) is 2.00. The fraction of sp³-hybridized carbons (Fsp3) is 0.900. The van der Waals surface area contributed by atoms with Crippen LogP contribution in [0.3, 0.4) is 0 Å². The number of nitrogens with one attached hydrogen (secondary N) is 1. The Hall–Kier alpha value is -0.770. The van der Waals surface area contributed by atoms with Gasteiger partial charge in [-0.3, -0.25) is 10.4 Å². The van der Waals surface area contributed by atoms with Gasteiger partial charge in [0.15, 0.2) is 0 Å². The molecule has 1 aliphatic heterocycles. The standard InChI is InChI=1S/C10H22N4/c1-4-12-10(13-11)14-7-5-6-8(2)9(14)3/h8-9H,4-7,11H2,1-3H3,(H,12,13). The Bertz CT molecular complexity index is 202. The Kier molecular flexibility index (Phi) is 4.20. The Morgan fingerprint density at radius 2 is 2.29 bits per heavy atom. The molecular weight excluding hydrogens is 176 g/mol. The summed E-state index contributed by atoms with van der Waals surface area (Å²) in [5.41, 5.74) is 2.70. The molecule has 1 heterocycles. The maximum atomic E-state index is 5.47. The Labute approximate surface area is 86.5 Å². The van der Waals surface area contributed by atoms with Gasteiger partial charge < -0.3 is 4.90 Å². The Morgan fingerprint density at radius 1 is 1.57 bits per heavy atom. The number of rotatable bonds is 1. The number of nitrogens with zero attached hydrogens (tertiary/aromatic N) is 2. The van der Waals surface area contributed by atoms with Crippen LogP contribution in [-0.2, 0) is 0 Å². The molecule has 1 rings (SSSR count). The van der Waals surface area contributed by atoms with Crippen LogP contribution in [0, 0.1) is 5.92 Å². The zero-order valence-electron chi connectivity index (χ0n) is 9.45. The second kappa shape index (κ2) is 5.20. The van der Waals surface area contributed by atoms with E-state index in [0.29, 0.717) is 6.04 Å². The zero-order valence-corrected chi connectivity index (χ0v) is 9.45. The molecule has 14 heavy (non-hydrogen) atoms. The molecule has 0 aromatic carbocycles. The summed E-state index contributed by atoms with van der Waals surface area (Å²) in [5, 5.41) is 0. The smallest absolute Gasteiger partial charge is 0.208 e. The minimum Gasteiger partial charge on any atom is -0.339 e. The first kappa shape index (κ1) is 11.3. The molecule has 1 fully saturated rings. The number of hydrogen-bond acceptors (Lipinski definition) is 2. The lowest BCUT2D eigenvalue weighted by atomic mass is 9.92. The van der Waals surface area contributed by atoms with E-state index in [1.807, 2.05) is 6.92 Å². The number of piperidine rings is 1. The number of nitrogens with two attached hydrogens (primary N) is 1. The number of hydrogen-bond donors (Lipinski definition) is 2. The van der Waals surface area contributed by atoms with Crippen molar-refractivity contribution in [3.8, 4) is 0 Å². The highest BCUT2D eigenvalue weighted by Crippen LogP contribution is 2.22. The summed E-state index contributed by atoms with van der Waals surface area (Å²) in [7, 11) is 0. The first-order valence-corrected chi connectivity index (χ1v) is 5.48. The van der Waals surface area contributed by atoms with Crippen LogP contribution < -0.4 is 11.3 Å². The lowest BCUT2D eigenvalue weighted by Gasteiger charge is -2.39. The van der Waals surface area contributed by atoms with Crippen LogP contribution in [0.5, 0.6) is 0 Å². The molecule has 0 saturated carbocycles. The molecule has 0 aromatic rings. The molecule has 2 atom stereocenters. The molecule has 2 unspecified atom stereocenters. The van der Waals surface area contributed by atoms with Crippen LogP contribution in [0.2, 0.25) is 0 Å². The lowest BCUT2D eigenvalue weighted by molar-refractivity contribution is 0.186. The van der Waals surface area contributed by atoms with Crippen molar-refractivity contribution in [1.29, 1.82) is 0 Å². The van der Waals surface area contributed by atoms with E-state index in [1.54, 1.807) is 0 Å². The summed E-state index contributed by atoms with van der Waals surface area (Å²) in [6.45, 7) is 8.39. The molecule has 0 spiro atoms. The van der Waals surface area contributed by atoms with Crippen LogP contribution in [0.4, 0.5) is 0 Å². The highest BCUT2D eigenvalue weighted by Gasteiger charge is 2.26. The summed E-state index contributed by atoms with van der Waals surface area (Å²) in [6.07, 6.45) is 2.54. The predicted molar refractivity (Wildman–Crippen MR) is 59.9 cm³/mol. The third-order valence-corrected chi connectivity index (χ3v) is 3.08. The van der Waals surface area contributed by atoms with E-state index in [9.17, 15) is 0 Å². The van der Waals surface area contributed by atoms with Gasteiger partial charge in [-0.25, -0.2) is 5.84 Å². The van der Waals surface area contributed by atoms with E-state index in [0.717, 1.165) is 25.0 Å². The topological polar surface area (TPSA) is 53.6 Å². The number of hydrazine groups is 1. The number of guanidine groups is 1. The van der Waals surface area contributed by atoms with Gasteiger partial charge in [0, 0.05) is 19.1 Å². The molecule has 0 aromatic heterocycles. The van der Waals surface area contributed by atoms with Crippen LogP contribution in [-0.4, -0.2) is 30.0 Å². The molecule has 0 radical (unpaired) electrons. The van der Waals surface area contributed by atoms with Crippen LogP contribution in [0.15, 0.2) is 4.99 Å². The minimum atomic E-state index is 0.532. The molecule has 0 amide bonds. The minimum absolute atomic E-state index is 0.532. The molecule has 1 saturated heterocycles. The van der Waals surface area contributed by atoms with Crippen LogP contribution >= 0.6 is 0 Å². The van der Waals surface area contributed by atoms with Gasteiger partial charge in [0.05, 0.1) is 0 Å². The van der Waals surface area contributed by atoms with Crippen molar-refractivity contribution in [3.05, 3.63) is 0 Å². The van der Waals surface area contributed by atoms with Gasteiger partial charge in [-0.1, -0.05) is 6.92 Å². The normalized spacial score (nSPS) is 29.1. The molecule has 0 aliphatic carbocycles. The monoisotopic (exact) mass is 198 g/mol. The molecule has 4 heteroatoms. The Morgan fingerprint density at radius 3 is 2.86 bits per heavy atom. The summed E-state index contributed by atoms with van der Waals surface area (Å²) >= 11 is 0. The third kappa shape index (κ3) is 2.38. The van der Waals surface area contributed by atoms with Gasteiger partial charge in [-0.2, -0.15) is 0 Å². The average Bonchev–Trinajstić information content (AvgIpc) is 2.19. The molecule has 82 valence electrons. The molecular formula is C10H22N4. The quantitative estimate of drug-likeness (QED) is 0.285. The van der Waals surface area contributed by atoms with Gasteiger partial charge in [-0.05, 0) is 32.6 Å². The summed E-state index contributed by atoms with van der Waals surface area (Å²) in [5.74, 6) is 7.04. The van der Waals surface area contributed by atoms with Crippen LogP contribution in [0.1, 0.15) is 33.6 Å². The molecule has 3 N–H and O–H groups in total. The predicted octanol–water partition coefficient (Wildman–Crippen LogP) is 0.946. The first-order chi connectivity index (χ1) is 6.70.